The molecule has 0 saturated heterocycles. The van der Waals surface area contributed by atoms with Crippen molar-refractivity contribution in [3.05, 3.63) is 52.8 Å². The van der Waals surface area contributed by atoms with Crippen LogP contribution in [0.4, 0.5) is 5.69 Å². The van der Waals surface area contributed by atoms with Crippen LogP contribution in [0.1, 0.15) is 103 Å². The topological polar surface area (TPSA) is 223 Å². The number of carbonyl (C=O) groups is 3. The quantitative estimate of drug-likeness (QED) is 0.0388. The molecule has 2 aromatic rings. The Hall–Kier alpha value is -5.12. The zero-order chi connectivity index (χ0) is 43.9. The largest absolute Gasteiger partial charge is 0.507 e. The van der Waals surface area contributed by atoms with Crippen LogP contribution in [0, 0.1) is 30.6 Å². The number of phenols is 3. The number of oxime groups is 1. The first kappa shape index (κ1) is 46.6. The SMILES string of the molecule is CCCCCCO/N=C/c1c2c(O)c3c(O)c(C)c4c(c3c1O)C(=O)[C@@](C)(O/C=C/[C@H](OC)[C@@H](C)[C@@H](OC(C)=O)[C@H](C)[C@H](O)[C@H](C)[C@@H](O)[C@@H](C)/C=C/C=C(\C)C(=O)N2)O4. The smallest absolute Gasteiger partial charge is 0.312 e. The van der Waals surface area contributed by atoms with E-state index in [1.165, 1.54) is 53.2 Å². The van der Waals surface area contributed by atoms with Gasteiger partial charge < -0.3 is 54.6 Å². The maximum atomic E-state index is 14.4. The molecule has 0 radical (unpaired) electrons. The first-order chi connectivity index (χ1) is 27.8. The predicted octanol–water partition coefficient (Wildman–Crippen LogP) is 6.68. The Morgan fingerprint density at radius 2 is 1.64 bits per heavy atom. The summed E-state index contributed by atoms with van der Waals surface area (Å²) in [5, 5.41) is 64.1. The minimum atomic E-state index is -2.05. The van der Waals surface area contributed by atoms with Crippen LogP contribution in [0.15, 0.2) is 41.3 Å². The molecule has 0 fully saturated rings. The highest BCUT2D eigenvalue weighted by atomic mass is 16.7. The number of ketones is 1. The number of aliphatic hydroxyl groups is 2. The fraction of sp³-hybridized carbons (Fsp3) is 0.545. The molecule has 15 heteroatoms. The van der Waals surface area contributed by atoms with Crippen molar-refractivity contribution in [2.75, 3.05) is 19.0 Å². The molecule has 324 valence electrons. The van der Waals surface area contributed by atoms with Crippen molar-refractivity contribution >= 4 is 40.3 Å². The van der Waals surface area contributed by atoms with Crippen molar-refractivity contribution in [1.29, 1.82) is 0 Å². The van der Waals surface area contributed by atoms with Gasteiger partial charge in [0.1, 0.15) is 30.0 Å². The second-order valence-electron chi connectivity index (χ2n) is 15.7. The van der Waals surface area contributed by atoms with E-state index in [4.69, 9.17) is 23.8 Å². The van der Waals surface area contributed by atoms with Gasteiger partial charge in [-0.05, 0) is 32.8 Å². The van der Waals surface area contributed by atoms with Crippen LogP contribution >= 0.6 is 0 Å². The van der Waals surface area contributed by atoms with Crippen LogP contribution in [0.25, 0.3) is 10.8 Å². The van der Waals surface area contributed by atoms with Crippen molar-refractivity contribution in [3.63, 3.8) is 0 Å². The van der Waals surface area contributed by atoms with Crippen LogP contribution in [0.2, 0.25) is 0 Å². The molecular formula is C44H60N2O13. The first-order valence-electron chi connectivity index (χ1n) is 20.1. The number of carbonyl (C=O) groups excluding carboxylic acids is 3. The lowest BCUT2D eigenvalue weighted by atomic mass is 9.78. The summed E-state index contributed by atoms with van der Waals surface area (Å²) < 4.78 is 23.5. The van der Waals surface area contributed by atoms with Crippen LogP contribution in [0.5, 0.6) is 23.0 Å². The molecule has 5 bridgehead atoms. The summed E-state index contributed by atoms with van der Waals surface area (Å²) in [5.41, 5.74) is -0.556. The third-order valence-corrected chi connectivity index (χ3v) is 11.4. The molecule has 5 rings (SSSR count). The van der Waals surface area contributed by atoms with Gasteiger partial charge in [-0.2, -0.15) is 0 Å². The third kappa shape index (κ3) is 9.85. The second kappa shape index (κ2) is 19.8. The monoisotopic (exact) mass is 824 g/mol. The van der Waals surface area contributed by atoms with Gasteiger partial charge in [0.05, 0.1) is 53.0 Å². The number of phenolic OH excluding ortho intramolecular Hbond substituents is 3. The Labute approximate surface area is 345 Å². The van der Waals surface area contributed by atoms with Gasteiger partial charge in [0.2, 0.25) is 0 Å². The molecule has 9 atom stereocenters. The van der Waals surface area contributed by atoms with E-state index < -0.39 is 88.8 Å². The minimum absolute atomic E-state index is 0.0402. The highest BCUT2D eigenvalue weighted by Gasteiger charge is 2.50. The molecule has 3 aliphatic rings. The Kier molecular flexibility index (Phi) is 15.6. The molecule has 1 amide bonds. The molecule has 0 unspecified atom stereocenters. The summed E-state index contributed by atoms with van der Waals surface area (Å²) in [5.74, 6) is -8.56. The number of ether oxygens (including phenoxy) is 4. The average Bonchev–Trinajstić information content (AvgIpc) is 3.46. The van der Waals surface area contributed by atoms with Gasteiger partial charge in [0.25, 0.3) is 11.7 Å². The number of aromatic hydroxyl groups is 3. The van der Waals surface area contributed by atoms with Gasteiger partial charge in [0, 0.05) is 61.2 Å². The zero-order valence-electron chi connectivity index (χ0n) is 35.6. The molecule has 6 N–H and O–H groups in total. The molecule has 3 aliphatic heterocycles. The van der Waals surface area contributed by atoms with Crippen LogP contribution in [0.3, 0.4) is 0 Å². The summed E-state index contributed by atoms with van der Waals surface area (Å²) in [6.07, 6.45) is 8.25. The molecule has 0 aromatic heterocycles. The average molecular weight is 825 g/mol. The lowest BCUT2D eigenvalue weighted by molar-refractivity contribution is -0.160. The number of nitrogens with zero attached hydrogens (tertiary/aromatic N) is 1. The normalized spacial score (nSPS) is 30.1. The number of rotatable bonds is 9. The standard InChI is InChI=1S/C44H60N2O13/c1-11-12-13-14-19-57-45-21-29-34-39(52)32-31(38(29)51)33-41(27(7)37(32)50)59-44(9,42(33)53)56-20-18-30(55-10)24(4)40(58-28(8)47)26(6)36(49)25(5)35(48)22(2)16-15-17-23(3)43(54)46-34/h15-18,20-22,24-26,30,35-36,40,48-52H,11-14,19H2,1-10H3,(H,46,54)/b16-15+,20-18+,23-17+,45-21+/t22-,24+,25+,26+,30-,35-,36+,40+,44-/m0/s1. The van der Waals surface area contributed by atoms with Gasteiger partial charge in [-0.3, -0.25) is 14.4 Å². The number of methoxy groups -OCH3 is 1. The van der Waals surface area contributed by atoms with Gasteiger partial charge in [0.15, 0.2) is 5.75 Å². The van der Waals surface area contributed by atoms with Crippen LogP contribution < -0.4 is 10.1 Å². The zero-order valence-corrected chi connectivity index (χ0v) is 35.6. The van der Waals surface area contributed by atoms with Gasteiger partial charge in [-0.1, -0.05) is 70.8 Å². The lowest BCUT2D eigenvalue weighted by Gasteiger charge is -2.38. The molecule has 3 heterocycles. The number of amides is 1. The summed E-state index contributed by atoms with van der Waals surface area (Å²) in [6, 6.07) is 0. The number of allylic oxidation sites excluding steroid dienone is 2. The van der Waals surface area contributed by atoms with E-state index in [1.807, 2.05) is 0 Å². The Bertz CT molecular complexity index is 2010. The number of nitrogens with one attached hydrogen (secondary N) is 1. The number of benzene rings is 2. The number of fused-ring (bicyclic) bond motifs is 14. The number of hydrogen-bond acceptors (Lipinski definition) is 14. The maximum Gasteiger partial charge on any atom is 0.312 e. The van der Waals surface area contributed by atoms with E-state index in [1.54, 1.807) is 39.8 Å². The second-order valence-corrected chi connectivity index (χ2v) is 15.7. The lowest BCUT2D eigenvalue weighted by Crippen LogP contribution is -2.46. The van der Waals surface area contributed by atoms with Gasteiger partial charge in [-0.15, -0.1) is 0 Å². The van der Waals surface area contributed by atoms with E-state index >= 15 is 0 Å². The van der Waals surface area contributed by atoms with Crippen molar-refractivity contribution in [2.24, 2.45) is 28.8 Å². The van der Waals surface area contributed by atoms with E-state index in [2.05, 4.69) is 17.4 Å². The number of unbranched alkanes of at least 4 members (excludes halogenated alkanes) is 3. The number of esters is 1. The van der Waals surface area contributed by atoms with E-state index in [-0.39, 0.29) is 51.1 Å². The van der Waals surface area contributed by atoms with E-state index in [9.17, 15) is 39.9 Å². The molecule has 0 aliphatic carbocycles. The van der Waals surface area contributed by atoms with Gasteiger partial charge in [-0.25, -0.2) is 0 Å². The van der Waals surface area contributed by atoms with Crippen molar-refractivity contribution < 1.29 is 63.7 Å². The number of hydrogen-bond donors (Lipinski definition) is 6. The molecular weight excluding hydrogens is 764 g/mol. The number of Topliss-reactive ketones (excluding diaryl/α,β-unsaturated/α-hetero) is 1. The Morgan fingerprint density at radius 3 is 2.29 bits per heavy atom. The minimum Gasteiger partial charge on any atom is -0.507 e. The Balaban J connectivity index is 1.93. The fourth-order valence-corrected chi connectivity index (χ4v) is 7.61. The molecule has 0 saturated carbocycles. The third-order valence-electron chi connectivity index (χ3n) is 11.4. The van der Waals surface area contributed by atoms with Crippen LogP contribution in [-0.2, 0) is 28.6 Å². The summed E-state index contributed by atoms with van der Waals surface area (Å²) >= 11 is 0. The fourth-order valence-electron chi connectivity index (χ4n) is 7.61. The molecule has 15 nitrogen and oxygen atoms in total. The van der Waals surface area contributed by atoms with E-state index in [0.717, 1.165) is 25.5 Å². The molecule has 0 spiro atoms. The number of anilines is 1. The summed E-state index contributed by atoms with van der Waals surface area (Å²) in [7, 11) is 1.43. The van der Waals surface area contributed by atoms with Crippen molar-refractivity contribution in [2.45, 2.75) is 118 Å². The first-order valence-corrected chi connectivity index (χ1v) is 20.1. The van der Waals surface area contributed by atoms with Crippen LogP contribution in [-0.4, -0.2) is 93.3 Å². The van der Waals surface area contributed by atoms with Crippen molar-refractivity contribution in [1.82, 2.24) is 0 Å². The molecule has 59 heavy (non-hydrogen) atoms. The van der Waals surface area contributed by atoms with E-state index in [0.29, 0.717) is 6.42 Å². The van der Waals surface area contributed by atoms with Gasteiger partial charge >= 0.3 is 11.8 Å². The Morgan fingerprint density at radius 1 is 0.949 bits per heavy atom. The van der Waals surface area contributed by atoms with Crippen molar-refractivity contribution in [3.8, 4) is 23.0 Å². The highest BCUT2D eigenvalue weighted by molar-refractivity contribution is 6.23. The maximum absolute atomic E-state index is 14.4. The predicted molar refractivity (Wildman–Crippen MR) is 222 cm³/mol. The highest BCUT2D eigenvalue weighted by Crippen LogP contribution is 2.55. The molecule has 2 aromatic carbocycles. The number of aliphatic hydroxyl groups excluding tert-OH is 2. The summed E-state index contributed by atoms with van der Waals surface area (Å²) in [6.45, 7) is 14.8. The summed E-state index contributed by atoms with van der Waals surface area (Å²) in [4.78, 5) is 45.8.